The predicted octanol–water partition coefficient (Wildman–Crippen LogP) is 1.24. The molecule has 0 aliphatic carbocycles. The molecule has 0 unspecified atom stereocenters. The maximum Gasteiger partial charge on any atom is 0.211 e. The van der Waals surface area contributed by atoms with Crippen molar-refractivity contribution >= 4 is 21.4 Å². The van der Waals surface area contributed by atoms with E-state index in [1.807, 2.05) is 13.8 Å². The van der Waals surface area contributed by atoms with E-state index in [-0.39, 0.29) is 5.75 Å². The van der Waals surface area contributed by atoms with Gasteiger partial charge in [-0.2, -0.15) is 0 Å². The van der Waals surface area contributed by atoms with E-state index in [0.717, 1.165) is 22.0 Å². The van der Waals surface area contributed by atoms with Gasteiger partial charge in [-0.1, -0.05) is 0 Å². The first-order chi connectivity index (χ1) is 6.94. The Hall–Kier alpha value is -0.460. The van der Waals surface area contributed by atoms with Gasteiger partial charge in [-0.15, -0.1) is 11.3 Å². The molecule has 86 valence electrons. The number of aromatic nitrogens is 1. The number of thiazole rings is 1. The van der Waals surface area contributed by atoms with Crippen LogP contribution in [-0.2, 0) is 16.4 Å². The van der Waals surface area contributed by atoms with Crippen LogP contribution in [0.15, 0.2) is 0 Å². The summed E-state index contributed by atoms with van der Waals surface area (Å²) in [5, 5.41) is 1.03. The Bertz CT molecular complexity index is 423. The minimum absolute atomic E-state index is 0.133. The molecule has 0 bridgehead atoms. The van der Waals surface area contributed by atoms with Crippen molar-refractivity contribution in [3.8, 4) is 0 Å². The molecule has 1 N–H and O–H groups in total. The summed E-state index contributed by atoms with van der Waals surface area (Å²) < 4.78 is 24.9. The number of aryl methyl sites for hydroxylation is 2. The third-order valence-corrected chi connectivity index (χ3v) is 4.59. The standard InChI is InChI=1S/C9H16N2O2S2/c1-4-15(12,13)10-6-5-9-7(2)11-8(3)14-9/h10H,4-6H2,1-3H3. The van der Waals surface area contributed by atoms with Crippen LogP contribution in [0.4, 0.5) is 0 Å². The van der Waals surface area contributed by atoms with E-state index in [0.29, 0.717) is 6.54 Å². The molecule has 4 nitrogen and oxygen atoms in total. The Morgan fingerprint density at radius 2 is 2.07 bits per heavy atom. The third-order valence-electron chi connectivity index (χ3n) is 2.05. The molecule has 1 rings (SSSR count). The van der Waals surface area contributed by atoms with Gasteiger partial charge in [0.1, 0.15) is 0 Å². The van der Waals surface area contributed by atoms with Crippen LogP contribution >= 0.6 is 11.3 Å². The van der Waals surface area contributed by atoms with Crippen molar-refractivity contribution in [2.24, 2.45) is 0 Å². The molecule has 0 saturated heterocycles. The fourth-order valence-electron chi connectivity index (χ4n) is 1.23. The second kappa shape index (κ2) is 5.05. The van der Waals surface area contributed by atoms with Gasteiger partial charge in [0.25, 0.3) is 0 Å². The van der Waals surface area contributed by atoms with Crippen LogP contribution in [0.3, 0.4) is 0 Å². The molecule has 0 saturated carbocycles. The van der Waals surface area contributed by atoms with Gasteiger partial charge in [-0.05, 0) is 27.2 Å². The molecule has 1 heterocycles. The number of rotatable bonds is 5. The summed E-state index contributed by atoms with van der Waals surface area (Å²) in [5.74, 6) is 0.133. The number of nitrogens with one attached hydrogen (secondary N) is 1. The summed E-state index contributed by atoms with van der Waals surface area (Å²) in [6.45, 7) is 5.99. The zero-order chi connectivity index (χ0) is 11.5. The summed E-state index contributed by atoms with van der Waals surface area (Å²) in [4.78, 5) is 5.45. The average Bonchev–Trinajstić information content (AvgIpc) is 2.45. The highest BCUT2D eigenvalue weighted by Gasteiger charge is 2.08. The molecule has 1 aromatic heterocycles. The van der Waals surface area contributed by atoms with Crippen LogP contribution in [0.5, 0.6) is 0 Å². The lowest BCUT2D eigenvalue weighted by Gasteiger charge is -2.02. The molecule has 15 heavy (non-hydrogen) atoms. The van der Waals surface area contributed by atoms with Crippen molar-refractivity contribution in [1.82, 2.24) is 9.71 Å². The lowest BCUT2D eigenvalue weighted by molar-refractivity contribution is 0.583. The van der Waals surface area contributed by atoms with Crippen LogP contribution in [0.25, 0.3) is 0 Å². The summed E-state index contributed by atoms with van der Waals surface area (Å²) in [5.41, 5.74) is 1.01. The van der Waals surface area contributed by atoms with E-state index in [1.165, 1.54) is 0 Å². The number of hydrogen-bond acceptors (Lipinski definition) is 4. The van der Waals surface area contributed by atoms with E-state index >= 15 is 0 Å². The fourth-order valence-corrected chi connectivity index (χ4v) is 2.78. The zero-order valence-electron chi connectivity index (χ0n) is 9.20. The summed E-state index contributed by atoms with van der Waals surface area (Å²) in [6.07, 6.45) is 0.719. The Morgan fingerprint density at radius 1 is 1.40 bits per heavy atom. The Morgan fingerprint density at radius 3 is 2.53 bits per heavy atom. The molecule has 0 amide bonds. The molecule has 0 aliphatic rings. The van der Waals surface area contributed by atoms with Gasteiger partial charge in [0.15, 0.2) is 0 Å². The van der Waals surface area contributed by atoms with Gasteiger partial charge in [-0.3, -0.25) is 0 Å². The van der Waals surface area contributed by atoms with Gasteiger partial charge in [0, 0.05) is 11.4 Å². The van der Waals surface area contributed by atoms with Gasteiger partial charge in [-0.25, -0.2) is 18.1 Å². The molecule has 0 radical (unpaired) electrons. The number of hydrogen-bond donors (Lipinski definition) is 1. The first kappa shape index (κ1) is 12.6. The van der Waals surface area contributed by atoms with Crippen LogP contribution in [-0.4, -0.2) is 25.7 Å². The van der Waals surface area contributed by atoms with Gasteiger partial charge >= 0.3 is 0 Å². The Labute approximate surface area is 94.8 Å². The highest BCUT2D eigenvalue weighted by Crippen LogP contribution is 2.17. The smallest absolute Gasteiger partial charge is 0.211 e. The van der Waals surface area contributed by atoms with Crippen LogP contribution in [0, 0.1) is 13.8 Å². The highest BCUT2D eigenvalue weighted by molar-refractivity contribution is 7.89. The molecular weight excluding hydrogens is 232 g/mol. The van der Waals surface area contributed by atoms with Crippen molar-refractivity contribution in [1.29, 1.82) is 0 Å². The lowest BCUT2D eigenvalue weighted by Crippen LogP contribution is -2.27. The van der Waals surface area contributed by atoms with Crippen molar-refractivity contribution in [2.75, 3.05) is 12.3 Å². The molecule has 0 fully saturated rings. The molecule has 0 aromatic carbocycles. The Kier molecular flexibility index (Phi) is 4.24. The maximum atomic E-state index is 11.2. The summed E-state index contributed by atoms with van der Waals surface area (Å²) >= 11 is 1.63. The molecule has 0 spiro atoms. The van der Waals surface area contributed by atoms with E-state index in [1.54, 1.807) is 18.3 Å². The van der Waals surface area contributed by atoms with Gasteiger partial charge in [0.05, 0.1) is 16.5 Å². The Balaban J connectivity index is 2.48. The van der Waals surface area contributed by atoms with E-state index < -0.39 is 10.0 Å². The van der Waals surface area contributed by atoms with Crippen LogP contribution < -0.4 is 4.72 Å². The van der Waals surface area contributed by atoms with E-state index in [2.05, 4.69) is 9.71 Å². The minimum atomic E-state index is -3.06. The highest BCUT2D eigenvalue weighted by atomic mass is 32.2. The second-order valence-corrected chi connectivity index (χ2v) is 6.67. The summed E-state index contributed by atoms with van der Waals surface area (Å²) in [7, 11) is -3.06. The first-order valence-electron chi connectivity index (χ1n) is 4.85. The lowest BCUT2D eigenvalue weighted by atomic mass is 10.3. The van der Waals surface area contributed by atoms with E-state index in [4.69, 9.17) is 0 Å². The van der Waals surface area contributed by atoms with Gasteiger partial charge in [0.2, 0.25) is 10.0 Å². The quantitative estimate of drug-likeness (QED) is 0.853. The molecular formula is C9H16N2O2S2. The second-order valence-electron chi connectivity index (χ2n) is 3.29. The topological polar surface area (TPSA) is 59.1 Å². The van der Waals surface area contributed by atoms with Crippen molar-refractivity contribution < 1.29 is 8.42 Å². The van der Waals surface area contributed by atoms with Crippen molar-refractivity contribution in [3.63, 3.8) is 0 Å². The SMILES string of the molecule is CCS(=O)(=O)NCCc1sc(C)nc1C. The van der Waals surface area contributed by atoms with Crippen LogP contribution in [0.1, 0.15) is 22.5 Å². The van der Waals surface area contributed by atoms with Crippen molar-refractivity contribution in [2.45, 2.75) is 27.2 Å². The number of sulfonamides is 1. The monoisotopic (exact) mass is 248 g/mol. The normalized spacial score (nSPS) is 11.9. The maximum absolute atomic E-state index is 11.2. The largest absolute Gasteiger partial charge is 0.247 e. The molecule has 0 aliphatic heterocycles. The average molecular weight is 248 g/mol. The molecule has 0 atom stereocenters. The minimum Gasteiger partial charge on any atom is -0.247 e. The molecule has 6 heteroatoms. The van der Waals surface area contributed by atoms with Gasteiger partial charge < -0.3 is 0 Å². The van der Waals surface area contributed by atoms with Crippen LogP contribution in [0.2, 0.25) is 0 Å². The first-order valence-corrected chi connectivity index (χ1v) is 7.31. The fraction of sp³-hybridized carbons (Fsp3) is 0.667. The zero-order valence-corrected chi connectivity index (χ0v) is 10.8. The predicted molar refractivity (Wildman–Crippen MR) is 62.8 cm³/mol. The summed E-state index contributed by atoms with van der Waals surface area (Å²) in [6, 6.07) is 0. The molecule has 1 aromatic rings. The van der Waals surface area contributed by atoms with Crippen molar-refractivity contribution in [3.05, 3.63) is 15.6 Å². The third kappa shape index (κ3) is 3.89. The number of nitrogens with zero attached hydrogens (tertiary/aromatic N) is 1. The van der Waals surface area contributed by atoms with E-state index in [9.17, 15) is 8.42 Å².